The third kappa shape index (κ3) is 5.39. The Morgan fingerprint density at radius 1 is 1.09 bits per heavy atom. The normalized spacial score (nSPS) is 18.7. The molecule has 0 aliphatic heterocycles. The van der Waals surface area contributed by atoms with Crippen LogP contribution in [0.15, 0.2) is 47.5 Å². The minimum atomic E-state index is -1.52. The van der Waals surface area contributed by atoms with E-state index in [0.717, 1.165) is 24.8 Å². The predicted octanol–water partition coefficient (Wildman–Crippen LogP) is 4.38. The van der Waals surface area contributed by atoms with Crippen LogP contribution in [0.4, 0.5) is 16.6 Å². The van der Waals surface area contributed by atoms with Crippen LogP contribution < -0.4 is 31.1 Å². The molecule has 2 heterocycles. The average molecular weight is 582 g/mol. The number of rotatable bonds is 6. The van der Waals surface area contributed by atoms with E-state index in [-0.39, 0.29) is 17.7 Å². The highest BCUT2D eigenvalue weighted by molar-refractivity contribution is 5.82. The minimum Gasteiger partial charge on any atom is -0.493 e. The van der Waals surface area contributed by atoms with Crippen molar-refractivity contribution in [3.63, 3.8) is 0 Å². The van der Waals surface area contributed by atoms with Crippen LogP contribution in [0.2, 0.25) is 0 Å². The monoisotopic (exact) mass is 581 g/mol. The number of nitrogen functional groups attached to an aromatic ring is 2. The molecule has 0 saturated heterocycles. The molecule has 2 aromatic carbocycles. The first-order valence-corrected chi connectivity index (χ1v) is 14.0. The maximum Gasteiger partial charge on any atom is 0.511 e. The maximum atomic E-state index is 13.2. The van der Waals surface area contributed by atoms with E-state index in [1.807, 2.05) is 22.8 Å². The Balaban J connectivity index is 1.42. The van der Waals surface area contributed by atoms with Gasteiger partial charge in [0.2, 0.25) is 11.4 Å². The molecular formula is C32H31N5O6. The van der Waals surface area contributed by atoms with Crippen LogP contribution in [0, 0.1) is 23.7 Å². The van der Waals surface area contributed by atoms with Gasteiger partial charge in [0, 0.05) is 35.2 Å². The molecule has 5 N–H and O–H groups in total. The zero-order valence-electron chi connectivity index (χ0n) is 23.8. The van der Waals surface area contributed by atoms with E-state index in [9.17, 15) is 14.7 Å². The molecule has 3 atom stereocenters. The molecule has 2 aromatic heterocycles. The molecule has 2 aliphatic rings. The zero-order valence-corrected chi connectivity index (χ0v) is 23.8. The molecule has 0 amide bonds. The fourth-order valence-corrected chi connectivity index (χ4v) is 6.54. The lowest BCUT2D eigenvalue weighted by Gasteiger charge is -2.27. The molecule has 2 fully saturated rings. The molecule has 2 saturated carbocycles. The third-order valence-electron chi connectivity index (χ3n) is 8.45. The first-order chi connectivity index (χ1) is 20.7. The van der Waals surface area contributed by atoms with Gasteiger partial charge in [-0.3, -0.25) is 4.79 Å². The Morgan fingerprint density at radius 2 is 1.93 bits per heavy atom. The first-order valence-electron chi connectivity index (χ1n) is 14.0. The summed E-state index contributed by atoms with van der Waals surface area (Å²) in [5.74, 6) is 8.74. The summed E-state index contributed by atoms with van der Waals surface area (Å²) in [6, 6.07) is 9.20. The van der Waals surface area contributed by atoms with Crippen LogP contribution in [-0.2, 0) is 6.42 Å². The Kier molecular flexibility index (Phi) is 7.27. The van der Waals surface area contributed by atoms with Gasteiger partial charge in [-0.1, -0.05) is 18.3 Å². The van der Waals surface area contributed by atoms with E-state index >= 15 is 0 Å². The number of methoxy groups -OCH3 is 2. The van der Waals surface area contributed by atoms with Crippen LogP contribution in [0.25, 0.3) is 10.9 Å². The molecule has 0 radical (unpaired) electrons. The number of pyridine rings is 1. The Hall–Kier alpha value is -5.24. The number of anilines is 2. The molecule has 43 heavy (non-hydrogen) atoms. The topological polar surface area (TPSA) is 165 Å². The number of carbonyl (C=O) groups is 1. The molecule has 11 heteroatoms. The van der Waals surface area contributed by atoms with Gasteiger partial charge in [0.1, 0.15) is 5.82 Å². The van der Waals surface area contributed by atoms with Crippen LogP contribution in [0.3, 0.4) is 0 Å². The quantitative estimate of drug-likeness (QED) is 0.220. The molecular weight excluding hydrogens is 550 g/mol. The number of nitrogens with two attached hydrogens (primary N) is 2. The summed E-state index contributed by atoms with van der Waals surface area (Å²) in [5.41, 5.74) is 14.8. The van der Waals surface area contributed by atoms with Gasteiger partial charge < -0.3 is 35.4 Å². The number of hydrogen-bond acceptors (Lipinski definition) is 9. The lowest BCUT2D eigenvalue weighted by atomic mass is 9.94. The molecule has 220 valence electrons. The summed E-state index contributed by atoms with van der Waals surface area (Å²) in [7, 11) is 3.11. The van der Waals surface area contributed by atoms with Gasteiger partial charge in [0.15, 0.2) is 17.2 Å². The van der Waals surface area contributed by atoms with Gasteiger partial charge in [-0.2, -0.15) is 4.98 Å². The number of hydrogen-bond donors (Lipinski definition) is 3. The number of nitrogens with zero attached hydrogens (tertiary/aromatic N) is 3. The smallest absolute Gasteiger partial charge is 0.493 e. The number of carboxylic acid groups (broad SMARTS) is 1. The minimum absolute atomic E-state index is 0.104. The molecule has 2 aliphatic carbocycles. The standard InChI is InChI=1S/C32H31N5O6/c1-41-26-14-19(11-22-15-35-31(34)36-30(22)33)10-21(29(26)42-2)7-3-17-5-8-23-25(12-17)37(16-27(28(23)38)43-32(39)40)24-13-18-4-6-20(24)9-18/h5,8,10,12,14-16,18,20,24H,4,6,9,11,13H2,1-2H3,(H,39,40)(H4,33,34,35,36). The maximum absolute atomic E-state index is 13.2. The number of ether oxygens (including phenoxy) is 3. The van der Waals surface area contributed by atoms with Crippen molar-refractivity contribution in [2.45, 2.75) is 38.1 Å². The van der Waals surface area contributed by atoms with Gasteiger partial charge in [-0.05, 0) is 67.0 Å². The zero-order chi connectivity index (χ0) is 30.2. The van der Waals surface area contributed by atoms with E-state index in [4.69, 9.17) is 25.7 Å². The summed E-state index contributed by atoms with van der Waals surface area (Å²) in [5, 5.41) is 9.61. The second-order valence-electron chi connectivity index (χ2n) is 11.0. The van der Waals surface area contributed by atoms with Crippen LogP contribution in [0.5, 0.6) is 17.2 Å². The molecule has 6 rings (SSSR count). The summed E-state index contributed by atoms with van der Waals surface area (Å²) in [6.07, 6.45) is 6.49. The number of aromatic nitrogens is 3. The highest BCUT2D eigenvalue weighted by Crippen LogP contribution is 2.51. The molecule has 3 unspecified atom stereocenters. The third-order valence-corrected chi connectivity index (χ3v) is 8.45. The van der Waals surface area contributed by atoms with E-state index in [2.05, 4.69) is 21.8 Å². The summed E-state index contributed by atoms with van der Waals surface area (Å²) in [6.45, 7) is 0. The fourth-order valence-electron chi connectivity index (χ4n) is 6.54. The molecule has 4 aromatic rings. The predicted molar refractivity (Wildman–Crippen MR) is 161 cm³/mol. The van der Waals surface area contributed by atoms with Crippen molar-refractivity contribution < 1.29 is 24.1 Å². The van der Waals surface area contributed by atoms with Gasteiger partial charge in [-0.15, -0.1) is 0 Å². The lowest BCUT2D eigenvalue weighted by molar-refractivity contribution is 0.143. The second kappa shape index (κ2) is 11.2. The summed E-state index contributed by atoms with van der Waals surface area (Å²) in [4.78, 5) is 32.6. The van der Waals surface area contributed by atoms with E-state index in [1.54, 1.807) is 38.7 Å². The van der Waals surface area contributed by atoms with Crippen molar-refractivity contribution in [1.82, 2.24) is 14.5 Å². The number of benzene rings is 2. The highest BCUT2D eigenvalue weighted by atomic mass is 16.7. The summed E-state index contributed by atoms with van der Waals surface area (Å²) < 4.78 is 18.2. The van der Waals surface area contributed by atoms with Crippen molar-refractivity contribution in [1.29, 1.82) is 0 Å². The van der Waals surface area contributed by atoms with Gasteiger partial charge >= 0.3 is 6.16 Å². The molecule has 0 spiro atoms. The largest absolute Gasteiger partial charge is 0.511 e. The fraction of sp³-hybridized carbons (Fsp3) is 0.312. The Bertz CT molecular complexity index is 1870. The van der Waals surface area contributed by atoms with Crippen LogP contribution in [-0.4, -0.2) is 40.0 Å². The van der Waals surface area contributed by atoms with Crippen molar-refractivity contribution in [2.75, 3.05) is 25.7 Å². The number of fused-ring (bicyclic) bond motifs is 3. The lowest BCUT2D eigenvalue weighted by Crippen LogP contribution is -2.21. The second-order valence-corrected chi connectivity index (χ2v) is 11.0. The molecule has 2 bridgehead atoms. The average Bonchev–Trinajstić information content (AvgIpc) is 3.62. The van der Waals surface area contributed by atoms with Gasteiger partial charge in [-0.25, -0.2) is 9.78 Å². The summed E-state index contributed by atoms with van der Waals surface area (Å²) >= 11 is 0. The Morgan fingerprint density at radius 3 is 2.60 bits per heavy atom. The van der Waals surface area contributed by atoms with Crippen molar-refractivity contribution >= 4 is 28.8 Å². The van der Waals surface area contributed by atoms with Gasteiger partial charge in [0.05, 0.1) is 31.5 Å². The van der Waals surface area contributed by atoms with Crippen molar-refractivity contribution in [2.24, 2.45) is 11.8 Å². The van der Waals surface area contributed by atoms with E-state index in [1.165, 1.54) is 6.42 Å². The van der Waals surface area contributed by atoms with E-state index in [0.29, 0.717) is 63.2 Å². The van der Waals surface area contributed by atoms with E-state index < -0.39 is 11.6 Å². The SMILES string of the molecule is COc1cc(Cc2cnc(N)nc2N)cc(C#Cc2ccc3c(=O)c(OC(=O)O)cn(C4CC5CCC4C5)c3c2)c1OC. The van der Waals surface area contributed by atoms with Gasteiger partial charge in [0.25, 0.3) is 0 Å². The van der Waals surface area contributed by atoms with Crippen molar-refractivity contribution in [3.05, 3.63) is 75.2 Å². The molecule has 11 nitrogen and oxygen atoms in total. The Labute approximate surface area is 247 Å². The first kappa shape index (κ1) is 27.9. The van der Waals surface area contributed by atoms with Crippen molar-refractivity contribution in [3.8, 4) is 29.1 Å². The highest BCUT2D eigenvalue weighted by Gasteiger charge is 2.41. The van der Waals surface area contributed by atoms with Crippen LogP contribution >= 0.6 is 0 Å². The van der Waals surface area contributed by atoms with Crippen LogP contribution in [0.1, 0.15) is 54.0 Å².